The predicted octanol–water partition coefficient (Wildman–Crippen LogP) is 3.95. The molecular formula is C23H25NO4. The summed E-state index contributed by atoms with van der Waals surface area (Å²) >= 11 is 0. The molecule has 0 fully saturated rings. The molecule has 0 bridgehead atoms. The molecule has 2 N–H and O–H groups in total. The molecule has 1 aliphatic rings. The SMILES string of the molecule is COCc1ccc2c3c([nH]c2c1)C(C)(C)c1cc(OCCCO)ccc1C3=O. The zero-order chi connectivity index (χ0) is 19.9. The van der Waals surface area contributed by atoms with Crippen molar-refractivity contribution in [2.75, 3.05) is 20.3 Å². The number of aliphatic hydroxyl groups excluding tert-OH is 1. The molecule has 146 valence electrons. The number of aromatic amines is 1. The van der Waals surface area contributed by atoms with Gasteiger partial charge in [0.1, 0.15) is 5.75 Å². The number of rotatable bonds is 6. The molecule has 1 heterocycles. The molecule has 0 unspecified atom stereocenters. The Labute approximate surface area is 164 Å². The van der Waals surface area contributed by atoms with E-state index in [0.29, 0.717) is 25.2 Å². The fraction of sp³-hybridized carbons (Fsp3) is 0.348. The zero-order valence-corrected chi connectivity index (χ0v) is 16.5. The van der Waals surface area contributed by atoms with Gasteiger partial charge in [0.25, 0.3) is 0 Å². The molecule has 5 heteroatoms. The number of benzene rings is 2. The molecule has 0 aliphatic heterocycles. The highest BCUT2D eigenvalue weighted by Gasteiger charge is 2.39. The Hall–Kier alpha value is -2.63. The smallest absolute Gasteiger partial charge is 0.195 e. The summed E-state index contributed by atoms with van der Waals surface area (Å²) in [6.45, 7) is 5.33. The fourth-order valence-corrected chi connectivity index (χ4v) is 4.06. The largest absolute Gasteiger partial charge is 0.493 e. The predicted molar refractivity (Wildman–Crippen MR) is 108 cm³/mol. The van der Waals surface area contributed by atoms with Gasteiger partial charge in [0.2, 0.25) is 0 Å². The number of hydrogen-bond donors (Lipinski definition) is 2. The van der Waals surface area contributed by atoms with Gasteiger partial charge in [0, 0.05) is 47.7 Å². The van der Waals surface area contributed by atoms with Gasteiger partial charge in [-0.05, 0) is 35.4 Å². The fourth-order valence-electron chi connectivity index (χ4n) is 4.06. The number of carbonyl (C=O) groups excluding carboxylic acids is 1. The number of ketones is 1. The lowest BCUT2D eigenvalue weighted by Crippen LogP contribution is -2.30. The number of fused-ring (bicyclic) bond motifs is 4. The number of nitrogens with one attached hydrogen (secondary N) is 1. The zero-order valence-electron chi connectivity index (χ0n) is 16.5. The van der Waals surface area contributed by atoms with Crippen LogP contribution < -0.4 is 4.74 Å². The van der Waals surface area contributed by atoms with E-state index >= 15 is 0 Å². The highest BCUT2D eigenvalue weighted by Crippen LogP contribution is 2.44. The van der Waals surface area contributed by atoms with Crippen molar-refractivity contribution in [2.45, 2.75) is 32.3 Å². The van der Waals surface area contributed by atoms with E-state index in [2.05, 4.69) is 24.9 Å². The molecular weight excluding hydrogens is 354 g/mol. The summed E-state index contributed by atoms with van der Waals surface area (Å²) < 4.78 is 11.0. The van der Waals surface area contributed by atoms with Gasteiger partial charge in [0.15, 0.2) is 5.78 Å². The van der Waals surface area contributed by atoms with E-state index in [1.165, 1.54) is 0 Å². The van der Waals surface area contributed by atoms with Crippen LogP contribution in [0.2, 0.25) is 0 Å². The number of H-pyrrole nitrogens is 1. The third-order valence-electron chi connectivity index (χ3n) is 5.51. The molecule has 0 saturated carbocycles. The van der Waals surface area contributed by atoms with Crippen molar-refractivity contribution in [1.82, 2.24) is 4.98 Å². The highest BCUT2D eigenvalue weighted by atomic mass is 16.5. The molecule has 0 atom stereocenters. The molecule has 0 radical (unpaired) electrons. The highest BCUT2D eigenvalue weighted by molar-refractivity contribution is 6.20. The Balaban J connectivity index is 1.82. The quantitative estimate of drug-likeness (QED) is 0.636. The van der Waals surface area contributed by atoms with E-state index in [1.54, 1.807) is 7.11 Å². The summed E-state index contributed by atoms with van der Waals surface area (Å²) in [5, 5.41) is 9.90. The summed E-state index contributed by atoms with van der Waals surface area (Å²) in [4.78, 5) is 16.8. The van der Waals surface area contributed by atoms with E-state index in [-0.39, 0.29) is 17.8 Å². The van der Waals surface area contributed by atoms with Crippen LogP contribution in [-0.4, -0.2) is 36.2 Å². The maximum atomic E-state index is 13.3. The third kappa shape index (κ3) is 2.91. The van der Waals surface area contributed by atoms with Crippen LogP contribution in [0.25, 0.3) is 10.9 Å². The Morgan fingerprint density at radius 3 is 2.71 bits per heavy atom. The van der Waals surface area contributed by atoms with Crippen molar-refractivity contribution >= 4 is 16.7 Å². The minimum absolute atomic E-state index is 0.0389. The first kappa shape index (κ1) is 18.7. The topological polar surface area (TPSA) is 71.6 Å². The van der Waals surface area contributed by atoms with E-state index in [4.69, 9.17) is 14.6 Å². The number of hydrogen-bond acceptors (Lipinski definition) is 4. The minimum Gasteiger partial charge on any atom is -0.493 e. The summed E-state index contributed by atoms with van der Waals surface area (Å²) in [7, 11) is 1.67. The van der Waals surface area contributed by atoms with Crippen molar-refractivity contribution < 1.29 is 19.4 Å². The molecule has 0 saturated heterocycles. The maximum absolute atomic E-state index is 13.3. The summed E-state index contributed by atoms with van der Waals surface area (Å²) in [5.74, 6) is 0.756. The normalized spacial score (nSPS) is 14.8. The van der Waals surface area contributed by atoms with Crippen molar-refractivity contribution in [2.24, 2.45) is 0 Å². The van der Waals surface area contributed by atoms with Gasteiger partial charge in [-0.1, -0.05) is 26.0 Å². The standard InChI is InChI=1S/C23H25NO4/c1-23(2)18-12-15(28-10-4-9-25)6-8-16(18)21(26)20-17-7-5-14(13-27-3)11-19(17)24-22(20)23/h5-8,11-12,24-25H,4,9-10,13H2,1-3H3. The molecule has 0 spiro atoms. The Bertz CT molecular complexity index is 1050. The number of ether oxygens (including phenoxy) is 2. The molecule has 2 aromatic carbocycles. The lowest BCUT2D eigenvalue weighted by atomic mass is 9.71. The van der Waals surface area contributed by atoms with E-state index in [0.717, 1.165) is 39.0 Å². The third-order valence-corrected chi connectivity index (χ3v) is 5.51. The second kappa shape index (κ2) is 7.08. The summed E-state index contributed by atoms with van der Waals surface area (Å²) in [6, 6.07) is 11.7. The van der Waals surface area contributed by atoms with Crippen molar-refractivity contribution in [3.05, 3.63) is 64.3 Å². The molecule has 0 amide bonds. The average Bonchev–Trinajstić information content (AvgIpc) is 3.07. The first-order valence-electron chi connectivity index (χ1n) is 9.54. The van der Waals surface area contributed by atoms with Crippen LogP contribution in [0.1, 0.15) is 53.0 Å². The molecule has 3 aromatic rings. The van der Waals surface area contributed by atoms with Gasteiger partial charge >= 0.3 is 0 Å². The van der Waals surface area contributed by atoms with Crippen LogP contribution in [0.3, 0.4) is 0 Å². The van der Waals surface area contributed by atoms with Gasteiger partial charge in [0.05, 0.1) is 18.8 Å². The van der Waals surface area contributed by atoms with Gasteiger partial charge in [-0.25, -0.2) is 0 Å². The lowest BCUT2D eigenvalue weighted by Gasteiger charge is -2.32. The van der Waals surface area contributed by atoms with Gasteiger partial charge < -0.3 is 19.6 Å². The van der Waals surface area contributed by atoms with Crippen molar-refractivity contribution in [1.29, 1.82) is 0 Å². The summed E-state index contributed by atoms with van der Waals surface area (Å²) in [5.41, 5.74) is 5.01. The Morgan fingerprint density at radius 1 is 1.14 bits per heavy atom. The molecule has 1 aromatic heterocycles. The first-order valence-corrected chi connectivity index (χ1v) is 9.54. The van der Waals surface area contributed by atoms with Crippen LogP contribution >= 0.6 is 0 Å². The monoisotopic (exact) mass is 379 g/mol. The maximum Gasteiger partial charge on any atom is 0.195 e. The van der Waals surface area contributed by atoms with Crippen LogP contribution in [0.5, 0.6) is 5.75 Å². The number of aromatic nitrogens is 1. The average molecular weight is 379 g/mol. The summed E-state index contributed by atoms with van der Waals surface area (Å²) in [6.07, 6.45) is 0.579. The second-order valence-corrected chi connectivity index (χ2v) is 7.78. The Kier molecular flexibility index (Phi) is 4.73. The van der Waals surface area contributed by atoms with Crippen molar-refractivity contribution in [3.63, 3.8) is 0 Å². The second-order valence-electron chi connectivity index (χ2n) is 7.78. The van der Waals surface area contributed by atoms with Gasteiger partial charge in [-0.15, -0.1) is 0 Å². The van der Waals surface area contributed by atoms with Gasteiger partial charge in [-0.2, -0.15) is 0 Å². The van der Waals surface area contributed by atoms with Crippen molar-refractivity contribution in [3.8, 4) is 5.75 Å². The van der Waals surface area contributed by atoms with E-state index in [1.807, 2.05) is 30.3 Å². The number of methoxy groups -OCH3 is 1. The van der Waals surface area contributed by atoms with Gasteiger partial charge in [-0.3, -0.25) is 4.79 Å². The number of carbonyl (C=O) groups is 1. The van der Waals surface area contributed by atoms with Crippen LogP contribution in [0.15, 0.2) is 36.4 Å². The molecule has 4 rings (SSSR count). The van der Waals surface area contributed by atoms with E-state index < -0.39 is 0 Å². The minimum atomic E-state index is -0.366. The van der Waals surface area contributed by atoms with Crippen LogP contribution in [0, 0.1) is 0 Å². The van der Waals surface area contributed by atoms with E-state index in [9.17, 15) is 4.79 Å². The lowest BCUT2D eigenvalue weighted by molar-refractivity contribution is 0.103. The van der Waals surface area contributed by atoms with Crippen LogP contribution in [0.4, 0.5) is 0 Å². The Morgan fingerprint density at radius 2 is 1.96 bits per heavy atom. The molecule has 5 nitrogen and oxygen atoms in total. The first-order chi connectivity index (χ1) is 13.5. The number of aliphatic hydroxyl groups is 1. The molecule has 1 aliphatic carbocycles. The molecule has 28 heavy (non-hydrogen) atoms. The van der Waals surface area contributed by atoms with Crippen LogP contribution in [-0.2, 0) is 16.8 Å².